The van der Waals surface area contributed by atoms with Crippen LogP contribution in [0.3, 0.4) is 0 Å². The van der Waals surface area contributed by atoms with Crippen LogP contribution in [0.2, 0.25) is 0 Å². The Morgan fingerprint density at radius 1 is 1.06 bits per heavy atom. The van der Waals surface area contributed by atoms with E-state index in [1.165, 1.54) is 10.5 Å². The van der Waals surface area contributed by atoms with Gasteiger partial charge in [-0.05, 0) is 36.0 Å². The predicted molar refractivity (Wildman–Crippen MR) is 138 cm³/mol. The second-order valence-corrected chi connectivity index (χ2v) is 9.84. The van der Waals surface area contributed by atoms with E-state index in [4.69, 9.17) is 0 Å². The fraction of sp³-hybridized carbons (Fsp3) is 0.414. The smallest absolute Gasteiger partial charge is 0.243 e. The van der Waals surface area contributed by atoms with Crippen molar-refractivity contribution >= 4 is 11.8 Å². The number of rotatable bonds is 9. The Bertz CT molecular complexity index is 1160. The molecule has 6 nitrogen and oxygen atoms in total. The van der Waals surface area contributed by atoms with Crippen LogP contribution in [0, 0.1) is 6.92 Å². The number of alkyl halides is 1. The molecule has 0 radical (unpaired) electrons. The molecule has 1 saturated heterocycles. The molecule has 3 unspecified atom stereocenters. The fourth-order valence-corrected chi connectivity index (χ4v) is 4.81. The van der Waals surface area contributed by atoms with Gasteiger partial charge >= 0.3 is 0 Å². The van der Waals surface area contributed by atoms with Crippen molar-refractivity contribution in [3.63, 3.8) is 0 Å². The van der Waals surface area contributed by atoms with E-state index >= 15 is 0 Å². The van der Waals surface area contributed by atoms with Crippen molar-refractivity contribution in [2.75, 3.05) is 6.54 Å². The Balaban J connectivity index is 1.47. The van der Waals surface area contributed by atoms with Crippen LogP contribution in [-0.4, -0.2) is 45.0 Å². The lowest BCUT2D eigenvalue weighted by atomic mass is 9.95. The Kier molecular flexibility index (Phi) is 8.18. The van der Waals surface area contributed by atoms with Crippen molar-refractivity contribution in [1.29, 1.82) is 0 Å². The molecule has 190 valence electrons. The van der Waals surface area contributed by atoms with Gasteiger partial charge < -0.3 is 14.8 Å². The molecular formula is C29H35FN4O2. The molecule has 3 atom stereocenters. The van der Waals surface area contributed by atoms with Crippen molar-refractivity contribution in [3.05, 3.63) is 89.5 Å². The minimum atomic E-state index is -1.21. The zero-order valence-corrected chi connectivity index (χ0v) is 21.2. The predicted octanol–water partition coefficient (Wildman–Crippen LogP) is 4.94. The molecule has 2 heterocycles. The minimum absolute atomic E-state index is 0.0198. The molecule has 4 rings (SSSR count). The third kappa shape index (κ3) is 6.01. The maximum atomic E-state index is 14.5. The Hall–Kier alpha value is -3.48. The van der Waals surface area contributed by atoms with Gasteiger partial charge in [-0.3, -0.25) is 9.59 Å². The first-order chi connectivity index (χ1) is 17.3. The molecule has 0 saturated carbocycles. The first-order valence-corrected chi connectivity index (χ1v) is 12.7. The number of nitrogens with zero attached hydrogens (tertiary/aromatic N) is 3. The van der Waals surface area contributed by atoms with E-state index in [-0.39, 0.29) is 37.2 Å². The quantitative estimate of drug-likeness (QED) is 0.462. The number of benzene rings is 2. The van der Waals surface area contributed by atoms with E-state index in [0.29, 0.717) is 18.9 Å². The Labute approximate surface area is 212 Å². The third-order valence-electron chi connectivity index (χ3n) is 6.94. The van der Waals surface area contributed by atoms with Gasteiger partial charge in [0.05, 0.1) is 12.6 Å². The highest BCUT2D eigenvalue weighted by Gasteiger charge is 2.40. The molecular weight excluding hydrogens is 455 g/mol. The summed E-state index contributed by atoms with van der Waals surface area (Å²) in [5, 5.41) is 3.12. The van der Waals surface area contributed by atoms with Gasteiger partial charge in [-0.25, -0.2) is 9.37 Å². The lowest BCUT2D eigenvalue weighted by molar-refractivity contribution is -0.138. The molecule has 0 spiro atoms. The molecule has 1 aliphatic rings. The molecule has 2 aromatic carbocycles. The van der Waals surface area contributed by atoms with Crippen LogP contribution in [0.4, 0.5) is 4.39 Å². The topological polar surface area (TPSA) is 67.2 Å². The maximum absolute atomic E-state index is 14.5. The number of aryl methyl sites for hydroxylation is 2. The van der Waals surface area contributed by atoms with Crippen LogP contribution in [0.25, 0.3) is 0 Å². The first-order valence-electron chi connectivity index (χ1n) is 12.7. The van der Waals surface area contributed by atoms with E-state index in [1.54, 1.807) is 6.20 Å². The number of nitrogens with one attached hydrogen (secondary N) is 1. The Morgan fingerprint density at radius 2 is 1.72 bits per heavy atom. The van der Waals surface area contributed by atoms with Crippen LogP contribution in [0.5, 0.6) is 0 Å². The van der Waals surface area contributed by atoms with Gasteiger partial charge in [-0.1, -0.05) is 68.4 Å². The van der Waals surface area contributed by atoms with Gasteiger partial charge in [-0.2, -0.15) is 0 Å². The average molecular weight is 491 g/mol. The molecule has 0 bridgehead atoms. The number of carbonyl (C=O) groups excluding carboxylic acids is 2. The lowest BCUT2D eigenvalue weighted by Gasteiger charge is -2.27. The van der Waals surface area contributed by atoms with E-state index in [2.05, 4.69) is 36.3 Å². The standard InChI is InChI=1S/C29H35FN4O2/c1-20(2)22-11-13-24(14-12-22)28(23-8-5-4-6-9-23)32-29(36)26-18-25(30)19-34(26)27(35)10-7-16-33-17-15-31-21(33)3/h4-6,8-9,11-15,17,20,25-26,28H,7,10,16,18-19H2,1-3H3,(H,32,36). The van der Waals surface area contributed by atoms with Gasteiger partial charge in [0.1, 0.15) is 18.0 Å². The zero-order chi connectivity index (χ0) is 25.7. The molecule has 1 aliphatic heterocycles. The van der Waals surface area contributed by atoms with E-state index in [0.717, 1.165) is 17.0 Å². The van der Waals surface area contributed by atoms with Crippen LogP contribution in [0.1, 0.15) is 67.6 Å². The summed E-state index contributed by atoms with van der Waals surface area (Å²) in [5.41, 5.74) is 3.10. The normalized spacial score (nSPS) is 18.4. The monoisotopic (exact) mass is 490 g/mol. The van der Waals surface area contributed by atoms with Gasteiger partial charge in [0, 0.05) is 31.8 Å². The van der Waals surface area contributed by atoms with Gasteiger partial charge in [-0.15, -0.1) is 0 Å². The van der Waals surface area contributed by atoms with Crippen molar-refractivity contribution < 1.29 is 14.0 Å². The number of aromatic nitrogens is 2. The van der Waals surface area contributed by atoms with Gasteiger partial charge in [0.15, 0.2) is 0 Å². The second-order valence-electron chi connectivity index (χ2n) is 9.84. The number of amides is 2. The van der Waals surface area contributed by atoms with Crippen LogP contribution < -0.4 is 5.32 Å². The summed E-state index contributed by atoms with van der Waals surface area (Å²) in [6.45, 7) is 6.81. The molecule has 1 N–H and O–H groups in total. The summed E-state index contributed by atoms with van der Waals surface area (Å²) < 4.78 is 16.4. The number of hydrogen-bond acceptors (Lipinski definition) is 3. The van der Waals surface area contributed by atoms with Crippen molar-refractivity contribution in [1.82, 2.24) is 19.8 Å². The number of carbonyl (C=O) groups is 2. The van der Waals surface area contributed by atoms with E-state index in [1.807, 2.05) is 60.2 Å². The van der Waals surface area contributed by atoms with Crippen molar-refractivity contribution in [2.45, 2.75) is 70.8 Å². The Morgan fingerprint density at radius 3 is 2.36 bits per heavy atom. The lowest BCUT2D eigenvalue weighted by Crippen LogP contribution is -2.47. The number of likely N-dealkylation sites (tertiary alicyclic amines) is 1. The summed E-state index contributed by atoms with van der Waals surface area (Å²) in [7, 11) is 0. The molecule has 0 aliphatic carbocycles. The highest BCUT2D eigenvalue weighted by Crippen LogP contribution is 2.27. The minimum Gasteiger partial charge on any atom is -0.343 e. The zero-order valence-electron chi connectivity index (χ0n) is 21.2. The van der Waals surface area contributed by atoms with Crippen molar-refractivity contribution in [3.8, 4) is 0 Å². The summed E-state index contributed by atoms with van der Waals surface area (Å²) in [6, 6.07) is 16.7. The van der Waals surface area contributed by atoms with Gasteiger partial charge in [0.25, 0.3) is 0 Å². The second kappa shape index (κ2) is 11.5. The molecule has 1 fully saturated rings. The number of hydrogen-bond donors (Lipinski definition) is 1. The molecule has 7 heteroatoms. The van der Waals surface area contributed by atoms with E-state index < -0.39 is 12.2 Å². The highest BCUT2D eigenvalue weighted by molar-refractivity contribution is 5.89. The van der Waals surface area contributed by atoms with Gasteiger partial charge in [0.2, 0.25) is 11.8 Å². The number of imidazole rings is 1. The average Bonchev–Trinajstić information content (AvgIpc) is 3.48. The molecule has 3 aromatic rings. The molecule has 2 amide bonds. The summed E-state index contributed by atoms with van der Waals surface area (Å²) >= 11 is 0. The summed E-state index contributed by atoms with van der Waals surface area (Å²) in [4.78, 5) is 32.1. The maximum Gasteiger partial charge on any atom is 0.243 e. The van der Waals surface area contributed by atoms with E-state index in [9.17, 15) is 14.0 Å². The van der Waals surface area contributed by atoms with Crippen LogP contribution >= 0.6 is 0 Å². The van der Waals surface area contributed by atoms with Crippen LogP contribution in [0.15, 0.2) is 67.0 Å². The summed E-state index contributed by atoms with van der Waals surface area (Å²) in [5.74, 6) is 0.778. The molecule has 36 heavy (non-hydrogen) atoms. The SMILES string of the molecule is Cc1nccn1CCCC(=O)N1CC(F)CC1C(=O)NC(c1ccccc1)c1ccc(C(C)C)cc1. The number of halogens is 1. The molecule has 1 aromatic heterocycles. The van der Waals surface area contributed by atoms with Crippen molar-refractivity contribution in [2.24, 2.45) is 0 Å². The first kappa shape index (κ1) is 25.6. The largest absolute Gasteiger partial charge is 0.343 e. The van der Waals surface area contributed by atoms with Crippen LogP contribution in [-0.2, 0) is 16.1 Å². The highest BCUT2D eigenvalue weighted by atomic mass is 19.1. The summed E-state index contributed by atoms with van der Waals surface area (Å²) in [6.07, 6.45) is 3.28. The fourth-order valence-electron chi connectivity index (χ4n) is 4.81. The third-order valence-corrected chi connectivity index (χ3v) is 6.94.